The average molecular weight is 279 g/mol. The van der Waals surface area contributed by atoms with E-state index in [9.17, 15) is 4.79 Å². The predicted molar refractivity (Wildman–Crippen MR) is 85.2 cm³/mol. The Labute approximate surface area is 122 Å². The van der Waals surface area contributed by atoms with Crippen molar-refractivity contribution in [3.8, 4) is 11.1 Å². The Morgan fingerprint density at radius 3 is 2.48 bits per heavy atom. The summed E-state index contributed by atoms with van der Waals surface area (Å²) in [7, 11) is 0. The predicted octanol–water partition coefficient (Wildman–Crippen LogP) is 2.78. The topological polar surface area (TPSA) is 63.8 Å². The van der Waals surface area contributed by atoms with Gasteiger partial charge in [-0.1, -0.05) is 48.5 Å². The molecule has 0 amide bonds. The number of benzene rings is 2. The lowest BCUT2D eigenvalue weighted by atomic mass is 9.98. The highest BCUT2D eigenvalue weighted by molar-refractivity contribution is 5.67. The number of nitrogen functional groups attached to an aromatic ring is 1. The molecule has 3 aromatic rings. The van der Waals surface area contributed by atoms with Gasteiger partial charge in [0.25, 0.3) is 5.56 Å². The fraction of sp³-hybridized carbons (Fsp3) is 0.118. The number of anilines is 1. The maximum absolute atomic E-state index is 11.7. The summed E-state index contributed by atoms with van der Waals surface area (Å²) in [4.78, 5) is 11.7. The number of nitrogens with zero attached hydrogens (tertiary/aromatic N) is 1. The molecular weight excluding hydrogens is 262 g/mol. The summed E-state index contributed by atoms with van der Waals surface area (Å²) in [6.45, 7) is 2.57. The van der Waals surface area contributed by atoms with Crippen LogP contribution in [0.4, 0.5) is 5.82 Å². The summed E-state index contributed by atoms with van der Waals surface area (Å²) in [5, 5.41) is 2.84. The molecule has 3 N–H and O–H groups in total. The highest BCUT2D eigenvalue weighted by Crippen LogP contribution is 2.24. The van der Waals surface area contributed by atoms with E-state index in [1.54, 1.807) is 0 Å². The monoisotopic (exact) mass is 279 g/mol. The zero-order valence-electron chi connectivity index (χ0n) is 11.8. The molecule has 0 aliphatic rings. The van der Waals surface area contributed by atoms with Gasteiger partial charge in [0.2, 0.25) is 0 Å². The van der Waals surface area contributed by atoms with Gasteiger partial charge in [0.1, 0.15) is 5.82 Å². The van der Waals surface area contributed by atoms with Crippen LogP contribution in [-0.2, 0) is 6.54 Å². The molecule has 4 heteroatoms. The molecule has 21 heavy (non-hydrogen) atoms. The second-order valence-corrected chi connectivity index (χ2v) is 5.15. The number of rotatable bonds is 3. The van der Waals surface area contributed by atoms with Crippen LogP contribution in [0.1, 0.15) is 11.1 Å². The maximum atomic E-state index is 11.7. The lowest BCUT2D eigenvalue weighted by Crippen LogP contribution is -2.16. The van der Waals surface area contributed by atoms with Gasteiger partial charge in [0, 0.05) is 6.07 Å². The van der Waals surface area contributed by atoms with Crippen molar-refractivity contribution in [2.45, 2.75) is 13.5 Å². The first-order valence-electron chi connectivity index (χ1n) is 6.84. The minimum Gasteiger partial charge on any atom is -0.384 e. The van der Waals surface area contributed by atoms with Gasteiger partial charge in [-0.3, -0.25) is 9.89 Å². The third-order valence-corrected chi connectivity index (χ3v) is 3.53. The van der Waals surface area contributed by atoms with Crippen molar-refractivity contribution in [1.82, 2.24) is 9.78 Å². The van der Waals surface area contributed by atoms with E-state index in [0.717, 1.165) is 5.56 Å². The van der Waals surface area contributed by atoms with E-state index in [0.29, 0.717) is 12.4 Å². The normalized spacial score (nSPS) is 10.7. The van der Waals surface area contributed by atoms with Gasteiger partial charge in [-0.05, 0) is 29.2 Å². The van der Waals surface area contributed by atoms with Crippen molar-refractivity contribution < 1.29 is 0 Å². The Morgan fingerprint density at radius 1 is 1.10 bits per heavy atom. The van der Waals surface area contributed by atoms with Crippen molar-refractivity contribution in [1.29, 1.82) is 0 Å². The second kappa shape index (κ2) is 5.32. The van der Waals surface area contributed by atoms with Crippen molar-refractivity contribution >= 4 is 5.82 Å². The highest BCUT2D eigenvalue weighted by Gasteiger charge is 2.05. The molecule has 2 aromatic carbocycles. The Hall–Kier alpha value is -2.75. The summed E-state index contributed by atoms with van der Waals surface area (Å²) in [5.74, 6) is 0.387. The summed E-state index contributed by atoms with van der Waals surface area (Å²) in [6, 6.07) is 17.9. The van der Waals surface area contributed by atoms with E-state index in [4.69, 9.17) is 5.73 Å². The molecule has 0 spiro atoms. The van der Waals surface area contributed by atoms with Crippen LogP contribution < -0.4 is 11.3 Å². The zero-order valence-corrected chi connectivity index (χ0v) is 11.8. The molecule has 0 unspecified atom stereocenters. The van der Waals surface area contributed by atoms with Gasteiger partial charge >= 0.3 is 0 Å². The van der Waals surface area contributed by atoms with Gasteiger partial charge < -0.3 is 5.73 Å². The fourth-order valence-electron chi connectivity index (χ4n) is 2.52. The van der Waals surface area contributed by atoms with Crippen LogP contribution in [0.3, 0.4) is 0 Å². The molecule has 1 aromatic heterocycles. The van der Waals surface area contributed by atoms with Crippen LogP contribution in [0, 0.1) is 6.92 Å². The van der Waals surface area contributed by atoms with E-state index >= 15 is 0 Å². The van der Waals surface area contributed by atoms with Crippen molar-refractivity contribution in [2.24, 2.45) is 0 Å². The highest BCUT2D eigenvalue weighted by atomic mass is 16.1. The molecule has 1 heterocycles. The molecule has 0 atom stereocenters. The molecule has 0 fully saturated rings. The van der Waals surface area contributed by atoms with Gasteiger partial charge in [-0.2, -0.15) is 0 Å². The van der Waals surface area contributed by atoms with Crippen molar-refractivity contribution in [3.63, 3.8) is 0 Å². The molecule has 0 radical (unpaired) electrons. The summed E-state index contributed by atoms with van der Waals surface area (Å²) in [5.41, 5.74) is 10.1. The molecule has 0 saturated heterocycles. The van der Waals surface area contributed by atoms with Gasteiger partial charge in [-0.25, -0.2) is 4.68 Å². The molecule has 3 rings (SSSR count). The van der Waals surface area contributed by atoms with Crippen LogP contribution >= 0.6 is 0 Å². The Kier molecular flexibility index (Phi) is 3.36. The quantitative estimate of drug-likeness (QED) is 0.774. The second-order valence-electron chi connectivity index (χ2n) is 5.15. The van der Waals surface area contributed by atoms with Crippen molar-refractivity contribution in [2.75, 3.05) is 5.73 Å². The number of hydrogen-bond acceptors (Lipinski definition) is 2. The van der Waals surface area contributed by atoms with E-state index < -0.39 is 0 Å². The largest absolute Gasteiger partial charge is 0.384 e. The first-order chi connectivity index (χ1) is 10.1. The third kappa shape index (κ3) is 2.74. The molecule has 0 aliphatic carbocycles. The summed E-state index contributed by atoms with van der Waals surface area (Å²) >= 11 is 0. The molecule has 0 aliphatic heterocycles. The Morgan fingerprint density at radius 2 is 1.86 bits per heavy atom. The molecule has 0 saturated carbocycles. The van der Waals surface area contributed by atoms with Crippen LogP contribution in [0.25, 0.3) is 11.1 Å². The van der Waals surface area contributed by atoms with Gasteiger partial charge in [-0.15, -0.1) is 0 Å². The molecule has 106 valence electrons. The number of aromatic amines is 1. The first-order valence-corrected chi connectivity index (χ1v) is 6.84. The molecular formula is C17H17N3O. The van der Waals surface area contributed by atoms with Crippen molar-refractivity contribution in [3.05, 3.63) is 76.1 Å². The Bertz CT molecular complexity index is 816. The zero-order chi connectivity index (χ0) is 14.8. The van der Waals surface area contributed by atoms with Crippen LogP contribution in [0.5, 0.6) is 0 Å². The number of hydrogen-bond donors (Lipinski definition) is 2. The third-order valence-electron chi connectivity index (χ3n) is 3.53. The number of H-pyrrole nitrogens is 1. The van der Waals surface area contributed by atoms with E-state index in [1.807, 2.05) is 24.3 Å². The molecule has 4 nitrogen and oxygen atoms in total. The number of nitrogens with one attached hydrogen (secondary N) is 1. The minimum absolute atomic E-state index is 0.114. The van der Waals surface area contributed by atoms with E-state index in [-0.39, 0.29) is 5.56 Å². The summed E-state index contributed by atoms with van der Waals surface area (Å²) in [6.07, 6.45) is 0. The van der Waals surface area contributed by atoms with Crippen LogP contribution in [-0.4, -0.2) is 9.78 Å². The molecule has 0 bridgehead atoms. The smallest absolute Gasteiger partial charge is 0.268 e. The summed E-state index contributed by atoms with van der Waals surface area (Å²) < 4.78 is 1.51. The minimum atomic E-state index is -0.114. The van der Waals surface area contributed by atoms with Gasteiger partial charge in [0.15, 0.2) is 0 Å². The van der Waals surface area contributed by atoms with E-state index in [1.165, 1.54) is 27.4 Å². The van der Waals surface area contributed by atoms with Gasteiger partial charge in [0.05, 0.1) is 6.54 Å². The number of aromatic nitrogens is 2. The average Bonchev–Trinajstić information content (AvgIpc) is 2.78. The Balaban J connectivity index is 1.91. The van der Waals surface area contributed by atoms with Crippen LogP contribution in [0.2, 0.25) is 0 Å². The number of nitrogens with two attached hydrogens (primary N) is 1. The number of aryl methyl sites for hydroxylation is 1. The van der Waals surface area contributed by atoms with E-state index in [2.05, 4.69) is 36.3 Å². The standard InChI is InChI=1S/C17H17N3O/c1-12-9-13(11-20-17(21)10-16(18)19-20)7-8-15(12)14-5-3-2-4-6-14/h2-10,19H,11,18H2,1H3. The lowest BCUT2D eigenvalue weighted by molar-refractivity contribution is 0.666. The SMILES string of the molecule is Cc1cc(Cn2[nH]c(N)cc2=O)ccc1-c1ccccc1. The fourth-order valence-corrected chi connectivity index (χ4v) is 2.52. The lowest BCUT2D eigenvalue weighted by Gasteiger charge is -2.09. The first kappa shape index (κ1) is 13.2. The van der Waals surface area contributed by atoms with Crippen LogP contribution in [0.15, 0.2) is 59.4 Å². The maximum Gasteiger partial charge on any atom is 0.268 e.